The zero-order valence-corrected chi connectivity index (χ0v) is 11.7. The van der Waals surface area contributed by atoms with Crippen molar-refractivity contribution in [2.45, 2.75) is 25.9 Å². The minimum atomic E-state index is -0.123. The van der Waals surface area contributed by atoms with Crippen LogP contribution in [0.4, 0.5) is 11.4 Å². The zero-order chi connectivity index (χ0) is 13.1. The van der Waals surface area contributed by atoms with E-state index in [9.17, 15) is 0 Å². The maximum atomic E-state index is 5.97. The van der Waals surface area contributed by atoms with Gasteiger partial charge < -0.3 is 15.4 Å². The molecule has 0 heterocycles. The molecule has 0 aliphatic carbocycles. The normalized spacial score (nSPS) is 11.6. The molecule has 17 heavy (non-hydrogen) atoms. The van der Waals surface area contributed by atoms with Gasteiger partial charge in [-0.25, -0.2) is 0 Å². The van der Waals surface area contributed by atoms with Gasteiger partial charge in [0.1, 0.15) is 0 Å². The summed E-state index contributed by atoms with van der Waals surface area (Å²) in [4.78, 5) is 2.10. The second kappa shape index (κ2) is 5.61. The Kier molecular flexibility index (Phi) is 4.66. The second-order valence-electron chi connectivity index (χ2n) is 4.84. The fraction of sp³-hybridized carbons (Fsp3) is 0.538. The van der Waals surface area contributed by atoms with E-state index in [1.807, 2.05) is 19.2 Å². The van der Waals surface area contributed by atoms with Crippen LogP contribution in [-0.4, -0.2) is 26.3 Å². The monoisotopic (exact) mass is 256 g/mol. The number of methoxy groups -OCH3 is 1. The molecule has 0 unspecified atom stereocenters. The molecule has 1 rings (SSSR count). The number of rotatable bonds is 5. The lowest BCUT2D eigenvalue weighted by Gasteiger charge is -2.28. The highest BCUT2D eigenvalue weighted by molar-refractivity contribution is 6.31. The van der Waals surface area contributed by atoms with Crippen molar-refractivity contribution in [1.29, 1.82) is 0 Å². The van der Waals surface area contributed by atoms with Crippen LogP contribution in [0.25, 0.3) is 0 Å². The Balaban J connectivity index is 2.70. The van der Waals surface area contributed by atoms with Crippen LogP contribution in [0.3, 0.4) is 0 Å². The highest BCUT2D eigenvalue weighted by Gasteiger charge is 2.17. The van der Waals surface area contributed by atoms with Crippen molar-refractivity contribution in [3.05, 3.63) is 23.2 Å². The van der Waals surface area contributed by atoms with E-state index in [-0.39, 0.29) is 5.60 Å². The molecule has 0 bridgehead atoms. The maximum Gasteiger partial charge on any atom is 0.0639 e. The number of nitrogens with zero attached hydrogens (tertiary/aromatic N) is 1. The Morgan fingerprint density at radius 3 is 2.65 bits per heavy atom. The Morgan fingerprint density at radius 2 is 2.06 bits per heavy atom. The van der Waals surface area contributed by atoms with E-state index in [4.69, 9.17) is 22.1 Å². The summed E-state index contributed by atoms with van der Waals surface area (Å²) in [5.74, 6) is 0. The molecule has 4 heteroatoms. The standard InChI is InChI=1S/C13H21ClN2O/c1-13(2,17-4)7-8-16(3)12-9-10(14)5-6-11(12)15/h5-6,9H,7-8,15H2,1-4H3. The van der Waals surface area contributed by atoms with Crippen molar-refractivity contribution in [2.75, 3.05) is 31.3 Å². The molecule has 0 radical (unpaired) electrons. The third-order valence-corrected chi connectivity index (χ3v) is 3.24. The SMILES string of the molecule is COC(C)(C)CCN(C)c1cc(Cl)ccc1N. The first-order valence-corrected chi connectivity index (χ1v) is 6.05. The van der Waals surface area contributed by atoms with Gasteiger partial charge in [0.2, 0.25) is 0 Å². The van der Waals surface area contributed by atoms with Crippen LogP contribution < -0.4 is 10.6 Å². The molecule has 2 N–H and O–H groups in total. The zero-order valence-electron chi connectivity index (χ0n) is 11.0. The largest absolute Gasteiger partial charge is 0.397 e. The number of ether oxygens (including phenoxy) is 1. The molecule has 0 fully saturated rings. The minimum absolute atomic E-state index is 0.123. The summed E-state index contributed by atoms with van der Waals surface area (Å²) in [7, 11) is 3.74. The summed E-state index contributed by atoms with van der Waals surface area (Å²) in [6.07, 6.45) is 0.923. The quantitative estimate of drug-likeness (QED) is 0.823. The molecule has 0 atom stereocenters. The Labute approximate surface area is 109 Å². The maximum absolute atomic E-state index is 5.97. The topological polar surface area (TPSA) is 38.5 Å². The highest BCUT2D eigenvalue weighted by Crippen LogP contribution is 2.27. The van der Waals surface area contributed by atoms with Crippen molar-refractivity contribution < 1.29 is 4.74 Å². The highest BCUT2D eigenvalue weighted by atomic mass is 35.5. The summed E-state index contributed by atoms with van der Waals surface area (Å²) in [6.45, 7) is 5.01. The van der Waals surface area contributed by atoms with Gasteiger partial charge >= 0.3 is 0 Å². The van der Waals surface area contributed by atoms with E-state index in [2.05, 4.69) is 18.7 Å². The van der Waals surface area contributed by atoms with Crippen LogP contribution in [-0.2, 0) is 4.74 Å². The summed E-state index contributed by atoms with van der Waals surface area (Å²) >= 11 is 5.97. The van der Waals surface area contributed by atoms with Gasteiger partial charge in [-0.3, -0.25) is 0 Å². The lowest BCUT2D eigenvalue weighted by atomic mass is 10.0. The lowest BCUT2D eigenvalue weighted by Crippen LogP contribution is -2.30. The molecule has 0 spiro atoms. The molecule has 3 nitrogen and oxygen atoms in total. The van der Waals surface area contributed by atoms with Crippen LogP contribution in [0, 0.1) is 0 Å². The third-order valence-electron chi connectivity index (χ3n) is 3.01. The first kappa shape index (κ1) is 14.1. The van der Waals surface area contributed by atoms with Crippen molar-refractivity contribution in [2.24, 2.45) is 0 Å². The fourth-order valence-electron chi connectivity index (χ4n) is 1.51. The lowest BCUT2D eigenvalue weighted by molar-refractivity contribution is 0.0174. The Morgan fingerprint density at radius 1 is 1.41 bits per heavy atom. The van der Waals surface area contributed by atoms with E-state index in [0.29, 0.717) is 5.02 Å². The molecule has 0 aliphatic heterocycles. The first-order chi connectivity index (χ1) is 7.85. The van der Waals surface area contributed by atoms with Crippen molar-refractivity contribution >= 4 is 23.0 Å². The van der Waals surface area contributed by atoms with E-state index in [1.165, 1.54) is 0 Å². The predicted octanol–water partition coefficient (Wildman–Crippen LogP) is 3.17. The van der Waals surface area contributed by atoms with Gasteiger partial charge in [0.25, 0.3) is 0 Å². The third kappa shape index (κ3) is 4.10. The van der Waals surface area contributed by atoms with Crippen LogP contribution >= 0.6 is 11.6 Å². The number of hydrogen-bond acceptors (Lipinski definition) is 3. The van der Waals surface area contributed by atoms with Gasteiger partial charge in [-0.1, -0.05) is 11.6 Å². The van der Waals surface area contributed by atoms with Gasteiger partial charge in [0.05, 0.1) is 17.0 Å². The van der Waals surface area contributed by atoms with Gasteiger partial charge in [-0.2, -0.15) is 0 Å². The number of hydrogen-bond donors (Lipinski definition) is 1. The number of nitrogens with two attached hydrogens (primary N) is 1. The molecular formula is C13H21ClN2O. The van der Waals surface area contributed by atoms with E-state index in [0.717, 1.165) is 24.3 Å². The van der Waals surface area contributed by atoms with Crippen molar-refractivity contribution in [3.63, 3.8) is 0 Å². The molecule has 96 valence electrons. The van der Waals surface area contributed by atoms with Crippen LogP contribution in [0.5, 0.6) is 0 Å². The molecule has 0 saturated carbocycles. The van der Waals surface area contributed by atoms with Gasteiger partial charge in [0.15, 0.2) is 0 Å². The van der Waals surface area contributed by atoms with E-state index in [1.54, 1.807) is 13.2 Å². The Bertz CT molecular complexity index is 380. The molecule has 0 saturated heterocycles. The smallest absolute Gasteiger partial charge is 0.0639 e. The summed E-state index contributed by atoms with van der Waals surface area (Å²) in [5, 5.41) is 0.701. The average molecular weight is 257 g/mol. The van der Waals surface area contributed by atoms with Crippen molar-refractivity contribution in [3.8, 4) is 0 Å². The van der Waals surface area contributed by atoms with E-state index < -0.39 is 0 Å². The second-order valence-corrected chi connectivity index (χ2v) is 5.27. The molecule has 0 amide bonds. The predicted molar refractivity (Wildman–Crippen MR) is 74.8 cm³/mol. The summed E-state index contributed by atoms with van der Waals surface area (Å²) < 4.78 is 5.39. The molecule has 0 aliphatic rings. The number of nitrogen functional groups attached to an aromatic ring is 1. The van der Waals surface area contributed by atoms with E-state index >= 15 is 0 Å². The average Bonchev–Trinajstić information content (AvgIpc) is 2.29. The Hall–Kier alpha value is -0.930. The molecule has 0 aromatic heterocycles. The number of halogens is 1. The summed E-state index contributed by atoms with van der Waals surface area (Å²) in [6, 6.07) is 5.51. The molecule has 1 aromatic rings. The van der Waals surface area contributed by atoms with Gasteiger partial charge in [0, 0.05) is 25.7 Å². The fourth-order valence-corrected chi connectivity index (χ4v) is 1.67. The molecular weight excluding hydrogens is 236 g/mol. The van der Waals surface area contributed by atoms with Crippen LogP contribution in [0.1, 0.15) is 20.3 Å². The molecule has 1 aromatic carbocycles. The van der Waals surface area contributed by atoms with Crippen LogP contribution in [0.15, 0.2) is 18.2 Å². The summed E-state index contributed by atoms with van der Waals surface area (Å²) in [5.41, 5.74) is 7.51. The number of anilines is 2. The minimum Gasteiger partial charge on any atom is -0.397 e. The van der Waals surface area contributed by atoms with Crippen LogP contribution in [0.2, 0.25) is 5.02 Å². The van der Waals surface area contributed by atoms with Crippen molar-refractivity contribution in [1.82, 2.24) is 0 Å². The van der Waals surface area contributed by atoms with Gasteiger partial charge in [-0.05, 0) is 38.5 Å². The number of benzene rings is 1. The van der Waals surface area contributed by atoms with Gasteiger partial charge in [-0.15, -0.1) is 0 Å². The first-order valence-electron chi connectivity index (χ1n) is 5.67.